The van der Waals surface area contributed by atoms with E-state index in [1.54, 1.807) is 6.08 Å². The Bertz CT molecular complexity index is 154. The number of carbonyl (C=O) groups excluding carboxylic acids is 1. The second kappa shape index (κ2) is 6.67. The summed E-state index contributed by atoms with van der Waals surface area (Å²) >= 11 is 0. The molecule has 70 valence electrons. The molecular formula is C8H17N3O. The van der Waals surface area contributed by atoms with Gasteiger partial charge >= 0.3 is 6.03 Å². The predicted molar refractivity (Wildman–Crippen MR) is 49.9 cm³/mol. The van der Waals surface area contributed by atoms with Crippen LogP contribution in [0.3, 0.4) is 0 Å². The first-order chi connectivity index (χ1) is 5.66. The number of carbonyl (C=O) groups is 1. The van der Waals surface area contributed by atoms with Crippen LogP contribution in [0.5, 0.6) is 0 Å². The molecule has 0 saturated heterocycles. The van der Waals surface area contributed by atoms with Crippen molar-refractivity contribution in [3.8, 4) is 0 Å². The number of nitrogens with one attached hydrogen (secondary N) is 2. The Kier molecular flexibility index (Phi) is 6.09. The van der Waals surface area contributed by atoms with E-state index in [9.17, 15) is 4.79 Å². The highest BCUT2D eigenvalue weighted by atomic mass is 16.2. The lowest BCUT2D eigenvalue weighted by atomic mass is 10.4. The minimum Gasteiger partial charge on any atom is -0.336 e. The van der Waals surface area contributed by atoms with Gasteiger partial charge in [-0.15, -0.1) is 0 Å². The van der Waals surface area contributed by atoms with Crippen LogP contribution in [-0.2, 0) is 0 Å². The molecule has 0 bridgehead atoms. The van der Waals surface area contributed by atoms with E-state index in [0.29, 0.717) is 13.1 Å². The monoisotopic (exact) mass is 171 g/mol. The van der Waals surface area contributed by atoms with Gasteiger partial charge in [0.2, 0.25) is 0 Å². The van der Waals surface area contributed by atoms with Crippen LogP contribution in [0.2, 0.25) is 0 Å². The second-order valence-corrected chi connectivity index (χ2v) is 2.72. The summed E-state index contributed by atoms with van der Waals surface area (Å²) < 4.78 is 0. The molecule has 0 aromatic heterocycles. The molecule has 0 aliphatic rings. The third kappa shape index (κ3) is 7.08. The van der Waals surface area contributed by atoms with E-state index in [0.717, 1.165) is 0 Å². The number of urea groups is 1. The number of hydrogen-bond acceptors (Lipinski definition) is 2. The van der Waals surface area contributed by atoms with Crippen LogP contribution in [0, 0.1) is 0 Å². The molecule has 0 atom stereocenters. The Balaban J connectivity index is 3.38. The maximum absolute atomic E-state index is 10.9. The molecule has 4 heteroatoms. The van der Waals surface area contributed by atoms with E-state index >= 15 is 0 Å². The van der Waals surface area contributed by atoms with Crippen LogP contribution in [0.1, 0.15) is 13.8 Å². The molecule has 0 aliphatic heterocycles. The number of nitrogens with two attached hydrogens (primary N) is 1. The van der Waals surface area contributed by atoms with Gasteiger partial charge in [-0.05, 0) is 13.8 Å². The van der Waals surface area contributed by atoms with E-state index in [1.807, 2.05) is 19.9 Å². The minimum absolute atomic E-state index is 0.147. The Morgan fingerprint density at radius 2 is 2.17 bits per heavy atom. The molecule has 0 aliphatic carbocycles. The van der Waals surface area contributed by atoms with Gasteiger partial charge in [0.25, 0.3) is 0 Å². The fourth-order valence-electron chi connectivity index (χ4n) is 0.644. The number of amides is 2. The fraction of sp³-hybridized carbons (Fsp3) is 0.625. The molecule has 0 aromatic carbocycles. The lowest BCUT2D eigenvalue weighted by Gasteiger charge is -2.07. The van der Waals surface area contributed by atoms with Gasteiger partial charge in [0.15, 0.2) is 0 Å². The molecule has 0 spiro atoms. The van der Waals surface area contributed by atoms with E-state index in [1.165, 1.54) is 0 Å². The van der Waals surface area contributed by atoms with Crippen LogP contribution < -0.4 is 16.4 Å². The van der Waals surface area contributed by atoms with Crippen LogP contribution in [0.4, 0.5) is 4.79 Å². The zero-order chi connectivity index (χ0) is 9.40. The summed E-state index contributed by atoms with van der Waals surface area (Å²) in [6, 6.07) is 0.0233. The highest BCUT2D eigenvalue weighted by Gasteiger charge is 1.98. The maximum atomic E-state index is 10.9. The smallest absolute Gasteiger partial charge is 0.315 e. The zero-order valence-electron chi connectivity index (χ0n) is 7.63. The van der Waals surface area contributed by atoms with Crippen molar-refractivity contribution in [2.24, 2.45) is 5.73 Å². The average Bonchev–Trinajstić information content (AvgIpc) is 1.97. The summed E-state index contributed by atoms with van der Waals surface area (Å²) in [4.78, 5) is 10.9. The zero-order valence-corrected chi connectivity index (χ0v) is 7.63. The topological polar surface area (TPSA) is 67.2 Å². The summed E-state index contributed by atoms with van der Waals surface area (Å²) in [6.45, 7) is 4.85. The molecule has 12 heavy (non-hydrogen) atoms. The molecule has 0 heterocycles. The average molecular weight is 171 g/mol. The largest absolute Gasteiger partial charge is 0.336 e. The molecule has 0 radical (unpaired) electrons. The van der Waals surface area contributed by atoms with E-state index in [-0.39, 0.29) is 12.1 Å². The fourth-order valence-corrected chi connectivity index (χ4v) is 0.644. The van der Waals surface area contributed by atoms with Gasteiger partial charge in [-0.2, -0.15) is 0 Å². The van der Waals surface area contributed by atoms with Crippen LogP contribution in [0.25, 0.3) is 0 Å². The van der Waals surface area contributed by atoms with Crippen molar-refractivity contribution < 1.29 is 4.79 Å². The molecular weight excluding hydrogens is 154 g/mol. The second-order valence-electron chi connectivity index (χ2n) is 2.72. The molecule has 4 N–H and O–H groups in total. The predicted octanol–water partition coefficient (Wildman–Crippen LogP) is 0.209. The quantitative estimate of drug-likeness (QED) is 0.529. The molecule has 0 saturated carbocycles. The van der Waals surface area contributed by atoms with Crippen molar-refractivity contribution in [3.05, 3.63) is 12.2 Å². The van der Waals surface area contributed by atoms with Crippen molar-refractivity contribution in [3.63, 3.8) is 0 Å². The van der Waals surface area contributed by atoms with Gasteiger partial charge in [-0.3, -0.25) is 0 Å². The minimum atomic E-state index is -0.147. The standard InChI is InChI=1S/C8H17N3O/c1-7(2)11-8(12)10-6-4-3-5-9/h3-4,7H,5-6,9H2,1-2H3,(H2,10,11,12)/b4-3+. The first-order valence-corrected chi connectivity index (χ1v) is 4.06. The SMILES string of the molecule is CC(C)NC(=O)NC/C=C/CN. The number of rotatable bonds is 4. The van der Waals surface area contributed by atoms with Crippen molar-refractivity contribution in [2.45, 2.75) is 19.9 Å². The summed E-state index contributed by atoms with van der Waals surface area (Å²) in [5, 5.41) is 5.36. The molecule has 2 amide bonds. The first kappa shape index (κ1) is 11.0. The van der Waals surface area contributed by atoms with Gasteiger partial charge in [0.1, 0.15) is 0 Å². The lowest BCUT2D eigenvalue weighted by Crippen LogP contribution is -2.39. The Morgan fingerprint density at radius 1 is 1.50 bits per heavy atom. The highest BCUT2D eigenvalue weighted by molar-refractivity contribution is 5.74. The first-order valence-electron chi connectivity index (χ1n) is 4.06. The van der Waals surface area contributed by atoms with Crippen LogP contribution >= 0.6 is 0 Å². The Hall–Kier alpha value is -1.03. The van der Waals surface area contributed by atoms with E-state index < -0.39 is 0 Å². The van der Waals surface area contributed by atoms with E-state index in [4.69, 9.17) is 5.73 Å². The molecule has 0 fully saturated rings. The van der Waals surface area contributed by atoms with Crippen molar-refractivity contribution in [2.75, 3.05) is 13.1 Å². The van der Waals surface area contributed by atoms with Crippen molar-refractivity contribution >= 4 is 6.03 Å². The lowest BCUT2D eigenvalue weighted by molar-refractivity contribution is 0.239. The third-order valence-electron chi connectivity index (χ3n) is 1.10. The van der Waals surface area contributed by atoms with Gasteiger partial charge in [0.05, 0.1) is 0 Å². The molecule has 0 unspecified atom stereocenters. The van der Waals surface area contributed by atoms with Gasteiger partial charge < -0.3 is 16.4 Å². The molecule has 0 aromatic rings. The highest BCUT2D eigenvalue weighted by Crippen LogP contribution is 1.76. The Labute approximate surface area is 73.2 Å². The third-order valence-corrected chi connectivity index (χ3v) is 1.10. The van der Waals surface area contributed by atoms with Crippen molar-refractivity contribution in [1.82, 2.24) is 10.6 Å². The van der Waals surface area contributed by atoms with Gasteiger partial charge in [-0.25, -0.2) is 4.79 Å². The van der Waals surface area contributed by atoms with Gasteiger partial charge in [-0.1, -0.05) is 12.2 Å². The summed E-state index contributed by atoms with van der Waals surface area (Å²) in [5.41, 5.74) is 5.21. The van der Waals surface area contributed by atoms with Gasteiger partial charge in [0, 0.05) is 19.1 Å². The van der Waals surface area contributed by atoms with Crippen LogP contribution in [-0.4, -0.2) is 25.2 Å². The Morgan fingerprint density at radius 3 is 2.67 bits per heavy atom. The summed E-state index contributed by atoms with van der Waals surface area (Å²) in [6.07, 6.45) is 3.62. The number of hydrogen-bond donors (Lipinski definition) is 3. The molecule has 4 nitrogen and oxygen atoms in total. The molecule has 0 rings (SSSR count). The van der Waals surface area contributed by atoms with Crippen molar-refractivity contribution in [1.29, 1.82) is 0 Å². The van der Waals surface area contributed by atoms with E-state index in [2.05, 4.69) is 10.6 Å². The summed E-state index contributed by atoms with van der Waals surface area (Å²) in [5.74, 6) is 0. The maximum Gasteiger partial charge on any atom is 0.315 e. The van der Waals surface area contributed by atoms with Crippen LogP contribution in [0.15, 0.2) is 12.2 Å². The summed E-state index contributed by atoms with van der Waals surface area (Å²) in [7, 11) is 0. The normalized spacial score (nSPS) is 10.7.